The lowest BCUT2D eigenvalue weighted by Crippen LogP contribution is -2.18. The molecular formula is C13H18ClN5O. The number of imidazole rings is 1. The van der Waals surface area contributed by atoms with Crippen LogP contribution in [-0.4, -0.2) is 20.4 Å². The van der Waals surface area contributed by atoms with Crippen LogP contribution in [0.5, 0.6) is 0 Å². The number of anilines is 2. The molecule has 2 rings (SSSR count). The number of aromatic nitrogens is 3. The average molecular weight is 296 g/mol. The summed E-state index contributed by atoms with van der Waals surface area (Å²) in [5, 5.41) is 2.73. The molecule has 6 nitrogen and oxygen atoms in total. The largest absolute Gasteiger partial charge is 0.384 e. The molecule has 0 bridgehead atoms. The standard InChI is InChI=1S/C13H17N5O.ClH/c1-9(2)8-18-7-6-15-13(18)17-12(19)10-4-3-5-11(14)16-10;/h3-7,9H,8H2,1-2H3,(H2,14,16)(H,15,17,19);1H. The summed E-state index contributed by atoms with van der Waals surface area (Å²) in [5.41, 5.74) is 5.83. The summed E-state index contributed by atoms with van der Waals surface area (Å²) >= 11 is 0. The summed E-state index contributed by atoms with van der Waals surface area (Å²) in [7, 11) is 0. The van der Waals surface area contributed by atoms with Gasteiger partial charge in [-0.3, -0.25) is 10.1 Å². The molecule has 0 spiro atoms. The number of carbonyl (C=O) groups is 1. The summed E-state index contributed by atoms with van der Waals surface area (Å²) in [6.07, 6.45) is 3.49. The van der Waals surface area contributed by atoms with Crippen LogP contribution in [0, 0.1) is 5.92 Å². The highest BCUT2D eigenvalue weighted by Gasteiger charge is 2.11. The second-order valence-electron chi connectivity index (χ2n) is 4.70. The van der Waals surface area contributed by atoms with Gasteiger partial charge in [-0.25, -0.2) is 9.97 Å². The van der Waals surface area contributed by atoms with E-state index < -0.39 is 0 Å². The van der Waals surface area contributed by atoms with E-state index >= 15 is 0 Å². The second-order valence-corrected chi connectivity index (χ2v) is 4.70. The van der Waals surface area contributed by atoms with Crippen LogP contribution in [0.1, 0.15) is 24.3 Å². The Kier molecular flexibility index (Phi) is 5.52. The topological polar surface area (TPSA) is 85.8 Å². The first-order valence-corrected chi connectivity index (χ1v) is 6.11. The van der Waals surface area contributed by atoms with Gasteiger partial charge in [0.2, 0.25) is 5.95 Å². The van der Waals surface area contributed by atoms with E-state index in [-0.39, 0.29) is 24.0 Å². The summed E-state index contributed by atoms with van der Waals surface area (Å²) in [5.74, 6) is 0.986. The Labute approximate surface area is 123 Å². The minimum absolute atomic E-state index is 0. The number of hydrogen-bond donors (Lipinski definition) is 2. The average Bonchev–Trinajstić information content (AvgIpc) is 2.75. The van der Waals surface area contributed by atoms with Crippen molar-refractivity contribution in [3.05, 3.63) is 36.3 Å². The zero-order valence-electron chi connectivity index (χ0n) is 11.4. The predicted molar refractivity (Wildman–Crippen MR) is 80.9 cm³/mol. The van der Waals surface area contributed by atoms with Crippen molar-refractivity contribution in [1.29, 1.82) is 0 Å². The molecule has 7 heteroatoms. The van der Waals surface area contributed by atoms with Crippen LogP contribution in [0.4, 0.5) is 11.8 Å². The maximum absolute atomic E-state index is 12.0. The fourth-order valence-electron chi connectivity index (χ4n) is 1.72. The summed E-state index contributed by atoms with van der Waals surface area (Å²) in [4.78, 5) is 20.1. The summed E-state index contributed by atoms with van der Waals surface area (Å²) < 4.78 is 1.90. The van der Waals surface area contributed by atoms with E-state index in [0.717, 1.165) is 6.54 Å². The molecule has 2 aromatic heterocycles. The van der Waals surface area contributed by atoms with Crippen molar-refractivity contribution < 1.29 is 4.79 Å². The molecule has 0 unspecified atom stereocenters. The highest BCUT2D eigenvalue weighted by Crippen LogP contribution is 2.10. The number of rotatable bonds is 4. The highest BCUT2D eigenvalue weighted by atomic mass is 35.5. The van der Waals surface area contributed by atoms with Crippen molar-refractivity contribution in [1.82, 2.24) is 14.5 Å². The van der Waals surface area contributed by atoms with E-state index in [0.29, 0.717) is 17.7 Å². The fraction of sp³-hybridized carbons (Fsp3) is 0.308. The van der Waals surface area contributed by atoms with Crippen LogP contribution in [0.25, 0.3) is 0 Å². The van der Waals surface area contributed by atoms with Crippen molar-refractivity contribution in [2.75, 3.05) is 11.1 Å². The smallest absolute Gasteiger partial charge is 0.276 e. The van der Waals surface area contributed by atoms with E-state index in [1.807, 2.05) is 10.8 Å². The van der Waals surface area contributed by atoms with Gasteiger partial charge in [-0.15, -0.1) is 12.4 Å². The molecule has 3 N–H and O–H groups in total. The third kappa shape index (κ3) is 3.96. The second kappa shape index (κ2) is 6.91. The van der Waals surface area contributed by atoms with Crippen LogP contribution >= 0.6 is 12.4 Å². The van der Waals surface area contributed by atoms with E-state index in [1.165, 1.54) is 0 Å². The van der Waals surface area contributed by atoms with Crippen LogP contribution in [0.2, 0.25) is 0 Å². The molecule has 2 aromatic rings. The van der Waals surface area contributed by atoms with Crippen LogP contribution in [-0.2, 0) is 6.54 Å². The minimum Gasteiger partial charge on any atom is -0.384 e. The molecule has 0 saturated heterocycles. The molecule has 0 aliphatic carbocycles. The summed E-state index contributed by atoms with van der Waals surface area (Å²) in [6, 6.07) is 4.94. The van der Waals surface area contributed by atoms with Crippen LogP contribution in [0.15, 0.2) is 30.6 Å². The number of halogens is 1. The monoisotopic (exact) mass is 295 g/mol. The first kappa shape index (κ1) is 16.0. The lowest BCUT2D eigenvalue weighted by atomic mass is 10.2. The Morgan fingerprint density at radius 1 is 1.45 bits per heavy atom. The van der Waals surface area contributed by atoms with Crippen molar-refractivity contribution in [3.8, 4) is 0 Å². The Hall–Kier alpha value is -2.08. The third-order valence-corrected chi connectivity index (χ3v) is 2.51. The first-order chi connectivity index (χ1) is 9.06. The van der Waals surface area contributed by atoms with Gasteiger partial charge in [0.1, 0.15) is 11.5 Å². The van der Waals surface area contributed by atoms with Crippen molar-refractivity contribution in [3.63, 3.8) is 0 Å². The summed E-state index contributed by atoms with van der Waals surface area (Å²) in [6.45, 7) is 5.00. The quantitative estimate of drug-likeness (QED) is 0.905. The third-order valence-electron chi connectivity index (χ3n) is 2.51. The predicted octanol–water partition coefficient (Wildman–Crippen LogP) is 2.19. The van der Waals surface area contributed by atoms with Gasteiger partial charge in [0, 0.05) is 18.9 Å². The molecule has 0 saturated carbocycles. The Balaban J connectivity index is 0.00000200. The number of nitrogen functional groups attached to an aromatic ring is 1. The van der Waals surface area contributed by atoms with E-state index in [1.54, 1.807) is 24.4 Å². The molecule has 20 heavy (non-hydrogen) atoms. The number of amides is 1. The fourth-order valence-corrected chi connectivity index (χ4v) is 1.72. The van der Waals surface area contributed by atoms with Crippen molar-refractivity contribution >= 4 is 30.1 Å². The maximum atomic E-state index is 12.0. The van der Waals surface area contributed by atoms with Crippen LogP contribution in [0.3, 0.4) is 0 Å². The molecule has 0 fully saturated rings. The van der Waals surface area contributed by atoms with E-state index in [4.69, 9.17) is 5.73 Å². The Morgan fingerprint density at radius 2 is 2.20 bits per heavy atom. The van der Waals surface area contributed by atoms with Crippen molar-refractivity contribution in [2.24, 2.45) is 5.92 Å². The van der Waals surface area contributed by atoms with Gasteiger partial charge in [-0.05, 0) is 18.1 Å². The van der Waals surface area contributed by atoms with Crippen LogP contribution < -0.4 is 11.1 Å². The Morgan fingerprint density at radius 3 is 2.85 bits per heavy atom. The number of pyridine rings is 1. The molecule has 0 aliphatic heterocycles. The van der Waals surface area contributed by atoms with Gasteiger partial charge in [0.15, 0.2) is 0 Å². The minimum atomic E-state index is -0.316. The number of nitrogens with two attached hydrogens (primary N) is 1. The van der Waals surface area contributed by atoms with Gasteiger partial charge in [0.25, 0.3) is 5.91 Å². The molecule has 2 heterocycles. The molecule has 0 aromatic carbocycles. The number of nitrogens with one attached hydrogen (secondary N) is 1. The molecule has 0 atom stereocenters. The first-order valence-electron chi connectivity index (χ1n) is 6.11. The molecule has 0 aliphatic rings. The van der Waals surface area contributed by atoms with Gasteiger partial charge in [-0.1, -0.05) is 19.9 Å². The molecule has 108 valence electrons. The SMILES string of the molecule is CC(C)Cn1ccnc1NC(=O)c1cccc(N)n1.Cl. The van der Waals surface area contributed by atoms with E-state index in [2.05, 4.69) is 29.1 Å². The maximum Gasteiger partial charge on any atom is 0.276 e. The highest BCUT2D eigenvalue weighted by molar-refractivity contribution is 6.02. The zero-order valence-corrected chi connectivity index (χ0v) is 12.2. The number of hydrogen-bond acceptors (Lipinski definition) is 4. The number of carbonyl (C=O) groups excluding carboxylic acids is 1. The van der Waals surface area contributed by atoms with Gasteiger partial charge in [-0.2, -0.15) is 0 Å². The molecule has 0 radical (unpaired) electrons. The normalized spacial score (nSPS) is 10.2. The lowest BCUT2D eigenvalue weighted by molar-refractivity contribution is 0.102. The molecule has 1 amide bonds. The molecular weight excluding hydrogens is 278 g/mol. The Bertz CT molecular complexity index is 582. The number of nitrogens with zero attached hydrogens (tertiary/aromatic N) is 3. The van der Waals surface area contributed by atoms with Gasteiger partial charge >= 0.3 is 0 Å². The van der Waals surface area contributed by atoms with Crippen molar-refractivity contribution in [2.45, 2.75) is 20.4 Å². The lowest BCUT2D eigenvalue weighted by Gasteiger charge is -2.10. The zero-order chi connectivity index (χ0) is 13.8. The van der Waals surface area contributed by atoms with Gasteiger partial charge in [0.05, 0.1) is 0 Å². The van der Waals surface area contributed by atoms with E-state index in [9.17, 15) is 4.79 Å². The van der Waals surface area contributed by atoms with Gasteiger partial charge < -0.3 is 10.3 Å².